The predicted octanol–water partition coefficient (Wildman–Crippen LogP) is 1.40. The molecule has 2 rings (SSSR count). The molecule has 1 aromatic carbocycles. The fourth-order valence-electron chi connectivity index (χ4n) is 2.47. The van der Waals surface area contributed by atoms with E-state index >= 15 is 0 Å². The molecule has 2 atom stereocenters. The molecule has 0 spiro atoms. The average Bonchev–Trinajstić information content (AvgIpc) is 2.41. The normalized spacial score (nSPS) is 24.6. The molecule has 0 radical (unpaired) electrons. The highest BCUT2D eigenvalue weighted by Crippen LogP contribution is 2.27. The Labute approximate surface area is 120 Å². The quantitative estimate of drug-likeness (QED) is 0.916. The van der Waals surface area contributed by atoms with Crippen LogP contribution < -0.4 is 4.74 Å². The van der Waals surface area contributed by atoms with E-state index < -0.39 is 16.1 Å². The van der Waals surface area contributed by atoms with Gasteiger partial charge in [0.15, 0.2) is 0 Å². The molecule has 1 aromatic rings. The van der Waals surface area contributed by atoms with Gasteiger partial charge < -0.3 is 9.84 Å². The zero-order chi connectivity index (χ0) is 14.9. The van der Waals surface area contributed by atoms with Gasteiger partial charge in [-0.2, -0.15) is 4.31 Å². The van der Waals surface area contributed by atoms with Crippen molar-refractivity contribution in [3.05, 3.63) is 23.8 Å². The van der Waals surface area contributed by atoms with E-state index in [2.05, 4.69) is 0 Å². The van der Waals surface area contributed by atoms with Crippen molar-refractivity contribution in [2.24, 2.45) is 5.92 Å². The van der Waals surface area contributed by atoms with E-state index in [9.17, 15) is 13.5 Å². The van der Waals surface area contributed by atoms with Gasteiger partial charge in [-0.25, -0.2) is 8.42 Å². The highest BCUT2D eigenvalue weighted by Gasteiger charge is 2.32. The molecule has 0 bridgehead atoms. The molecule has 1 fully saturated rings. The Morgan fingerprint density at radius 1 is 1.40 bits per heavy atom. The summed E-state index contributed by atoms with van der Waals surface area (Å²) >= 11 is 0. The third-order valence-corrected chi connectivity index (χ3v) is 5.69. The van der Waals surface area contributed by atoms with Crippen LogP contribution in [0, 0.1) is 12.8 Å². The van der Waals surface area contributed by atoms with Crippen LogP contribution in [-0.4, -0.2) is 44.1 Å². The van der Waals surface area contributed by atoms with Crippen molar-refractivity contribution < 1.29 is 18.3 Å². The standard InChI is InChI=1S/C14H21NO4S/c1-10-8-12(4-5-14(10)19-3)20(17,18)15-7-6-13(16)11(2)9-15/h4-5,8,11,13,16H,6-7,9H2,1-3H3. The van der Waals surface area contributed by atoms with Crippen molar-refractivity contribution >= 4 is 10.0 Å². The van der Waals surface area contributed by atoms with E-state index in [1.807, 2.05) is 13.8 Å². The molecule has 20 heavy (non-hydrogen) atoms. The first kappa shape index (κ1) is 15.3. The lowest BCUT2D eigenvalue weighted by molar-refractivity contribution is 0.0628. The number of benzene rings is 1. The Balaban J connectivity index is 2.29. The summed E-state index contributed by atoms with van der Waals surface area (Å²) in [5.74, 6) is 0.629. The number of aliphatic hydroxyl groups excluding tert-OH is 1. The average molecular weight is 299 g/mol. The van der Waals surface area contributed by atoms with E-state index in [0.717, 1.165) is 5.56 Å². The van der Waals surface area contributed by atoms with E-state index in [4.69, 9.17) is 4.74 Å². The molecule has 0 amide bonds. The molecular formula is C14H21NO4S. The lowest BCUT2D eigenvalue weighted by atomic mass is 9.99. The summed E-state index contributed by atoms with van der Waals surface area (Å²) in [5.41, 5.74) is 0.790. The summed E-state index contributed by atoms with van der Waals surface area (Å²) < 4.78 is 31.8. The minimum Gasteiger partial charge on any atom is -0.496 e. The highest BCUT2D eigenvalue weighted by atomic mass is 32.2. The largest absolute Gasteiger partial charge is 0.496 e. The Kier molecular flexibility index (Phi) is 4.36. The molecule has 1 aliphatic heterocycles. The van der Waals surface area contributed by atoms with Gasteiger partial charge in [0.2, 0.25) is 10.0 Å². The molecular weight excluding hydrogens is 278 g/mol. The van der Waals surface area contributed by atoms with Crippen molar-refractivity contribution in [1.29, 1.82) is 0 Å². The number of aryl methyl sites for hydroxylation is 1. The van der Waals surface area contributed by atoms with E-state index in [-0.39, 0.29) is 10.8 Å². The number of nitrogens with zero attached hydrogens (tertiary/aromatic N) is 1. The van der Waals surface area contributed by atoms with Gasteiger partial charge in [0.25, 0.3) is 0 Å². The Morgan fingerprint density at radius 2 is 2.10 bits per heavy atom. The highest BCUT2D eigenvalue weighted by molar-refractivity contribution is 7.89. The SMILES string of the molecule is COc1ccc(S(=O)(=O)N2CCC(O)C(C)C2)cc1C. The maximum Gasteiger partial charge on any atom is 0.243 e. The number of rotatable bonds is 3. The Hall–Kier alpha value is -1.11. The Bertz CT molecular complexity index is 585. The van der Waals surface area contributed by atoms with Crippen LogP contribution in [0.15, 0.2) is 23.1 Å². The molecule has 2 unspecified atom stereocenters. The van der Waals surface area contributed by atoms with Gasteiger partial charge in [-0.1, -0.05) is 6.92 Å². The molecule has 6 heteroatoms. The number of aliphatic hydroxyl groups is 1. The second-order valence-corrected chi connectivity index (χ2v) is 7.27. The monoisotopic (exact) mass is 299 g/mol. The smallest absolute Gasteiger partial charge is 0.243 e. The second kappa shape index (κ2) is 5.71. The maximum absolute atomic E-state index is 12.6. The van der Waals surface area contributed by atoms with Crippen LogP contribution in [-0.2, 0) is 10.0 Å². The van der Waals surface area contributed by atoms with E-state index in [1.165, 1.54) is 4.31 Å². The first-order valence-corrected chi connectivity index (χ1v) is 8.13. The zero-order valence-electron chi connectivity index (χ0n) is 12.0. The first-order valence-electron chi connectivity index (χ1n) is 6.69. The molecule has 5 nitrogen and oxygen atoms in total. The summed E-state index contributed by atoms with van der Waals surface area (Å²) in [5, 5.41) is 9.71. The molecule has 0 aromatic heterocycles. The van der Waals surface area contributed by atoms with Gasteiger partial charge in [0.05, 0.1) is 18.1 Å². The van der Waals surface area contributed by atoms with Gasteiger partial charge >= 0.3 is 0 Å². The van der Waals surface area contributed by atoms with E-state index in [0.29, 0.717) is 25.3 Å². The zero-order valence-corrected chi connectivity index (χ0v) is 12.9. The number of hydrogen-bond acceptors (Lipinski definition) is 4. The molecule has 1 aliphatic rings. The van der Waals surface area contributed by atoms with Crippen molar-refractivity contribution in [2.45, 2.75) is 31.3 Å². The topological polar surface area (TPSA) is 66.8 Å². The molecule has 112 valence electrons. The lowest BCUT2D eigenvalue weighted by Crippen LogP contribution is -2.44. The lowest BCUT2D eigenvalue weighted by Gasteiger charge is -2.33. The second-order valence-electron chi connectivity index (χ2n) is 5.33. The van der Waals surface area contributed by atoms with Crippen LogP contribution in [0.25, 0.3) is 0 Å². The van der Waals surface area contributed by atoms with E-state index in [1.54, 1.807) is 25.3 Å². The summed E-state index contributed by atoms with van der Waals surface area (Å²) in [7, 11) is -1.94. The van der Waals surface area contributed by atoms with Crippen LogP contribution >= 0.6 is 0 Å². The Morgan fingerprint density at radius 3 is 2.65 bits per heavy atom. The van der Waals surface area contributed by atoms with Gasteiger partial charge in [0.1, 0.15) is 5.75 Å². The van der Waals surface area contributed by atoms with Crippen molar-refractivity contribution in [1.82, 2.24) is 4.31 Å². The van der Waals surface area contributed by atoms with Crippen LogP contribution in [0.2, 0.25) is 0 Å². The summed E-state index contributed by atoms with van der Waals surface area (Å²) in [6, 6.07) is 4.87. The number of ether oxygens (including phenoxy) is 1. The number of hydrogen-bond donors (Lipinski definition) is 1. The van der Waals surface area contributed by atoms with Gasteiger partial charge in [0, 0.05) is 13.1 Å². The molecule has 1 N–H and O–H groups in total. The summed E-state index contributed by atoms with van der Waals surface area (Å²) in [6.45, 7) is 4.40. The number of piperidine rings is 1. The van der Waals surface area contributed by atoms with Crippen molar-refractivity contribution in [3.8, 4) is 5.75 Å². The van der Waals surface area contributed by atoms with Crippen LogP contribution in [0.1, 0.15) is 18.9 Å². The number of sulfonamides is 1. The summed E-state index contributed by atoms with van der Waals surface area (Å²) in [4.78, 5) is 0.277. The molecule has 1 heterocycles. The fourth-order valence-corrected chi connectivity index (χ4v) is 4.11. The molecule has 0 aliphatic carbocycles. The predicted molar refractivity (Wildman–Crippen MR) is 76.3 cm³/mol. The third kappa shape index (κ3) is 2.82. The summed E-state index contributed by atoms with van der Waals surface area (Å²) in [6.07, 6.45) is 0.0641. The van der Waals surface area contributed by atoms with Gasteiger partial charge in [-0.15, -0.1) is 0 Å². The van der Waals surface area contributed by atoms with Gasteiger partial charge in [-0.3, -0.25) is 0 Å². The molecule has 1 saturated heterocycles. The molecule has 0 saturated carbocycles. The van der Waals surface area contributed by atoms with Crippen molar-refractivity contribution in [3.63, 3.8) is 0 Å². The van der Waals surface area contributed by atoms with Crippen LogP contribution in [0.4, 0.5) is 0 Å². The first-order chi connectivity index (χ1) is 9.36. The number of methoxy groups -OCH3 is 1. The van der Waals surface area contributed by atoms with Gasteiger partial charge in [-0.05, 0) is 43.0 Å². The fraction of sp³-hybridized carbons (Fsp3) is 0.571. The van der Waals surface area contributed by atoms with Crippen LogP contribution in [0.5, 0.6) is 5.75 Å². The minimum atomic E-state index is -3.50. The maximum atomic E-state index is 12.6. The van der Waals surface area contributed by atoms with Crippen molar-refractivity contribution in [2.75, 3.05) is 20.2 Å². The minimum absolute atomic E-state index is 0.0436. The third-order valence-electron chi connectivity index (χ3n) is 3.83. The van der Waals surface area contributed by atoms with Crippen LogP contribution in [0.3, 0.4) is 0 Å².